The maximum absolute atomic E-state index is 13.8. The van der Waals surface area contributed by atoms with Crippen molar-refractivity contribution in [3.8, 4) is 5.75 Å². The normalized spacial score (nSPS) is 15.7. The summed E-state index contributed by atoms with van der Waals surface area (Å²) in [5.74, 6) is -7.73. The Morgan fingerprint density at radius 3 is 2.52 bits per heavy atom. The average molecular weight is 469 g/mol. The first-order chi connectivity index (χ1) is 15.4. The number of aromatic nitrogens is 1. The molecule has 1 aromatic carbocycles. The number of amides is 2. The van der Waals surface area contributed by atoms with Crippen molar-refractivity contribution in [1.82, 2.24) is 15.2 Å². The van der Waals surface area contributed by atoms with Gasteiger partial charge in [-0.3, -0.25) is 14.4 Å². The summed E-state index contributed by atoms with van der Waals surface area (Å²) < 4.78 is 47.2. The predicted octanol–water partition coefficient (Wildman–Crippen LogP) is 1.32. The Labute approximate surface area is 185 Å². The van der Waals surface area contributed by atoms with Crippen LogP contribution in [-0.2, 0) is 11.3 Å². The summed E-state index contributed by atoms with van der Waals surface area (Å²) in [4.78, 5) is 37.3. The number of aliphatic hydroxyl groups is 1. The Morgan fingerprint density at radius 2 is 1.91 bits per heavy atom. The molecule has 0 spiro atoms. The van der Waals surface area contributed by atoms with Crippen molar-refractivity contribution in [2.24, 2.45) is 0 Å². The highest BCUT2D eigenvalue weighted by Crippen LogP contribution is 2.25. The van der Waals surface area contributed by atoms with E-state index in [2.05, 4.69) is 10.6 Å². The van der Waals surface area contributed by atoms with Crippen LogP contribution in [0.5, 0.6) is 5.75 Å². The largest absolute Gasteiger partial charge is 0.503 e. The van der Waals surface area contributed by atoms with E-state index in [0.717, 1.165) is 6.20 Å². The highest BCUT2D eigenvalue weighted by atomic mass is 19.1. The monoisotopic (exact) mass is 469 g/mol. The van der Waals surface area contributed by atoms with Crippen LogP contribution >= 0.6 is 0 Å². The standard InChI is InChI=1S/C21H22F3N3O6/c1-21(2,32)33-4-3-11-7-25-20(31)16-18(29)17(28)13(9-27(11)16)19(30)26-8-12-14(23)5-10(22)6-15(12)24/h5-6,9,11,29,32H,3-4,7-8H2,1-2H3,(H,25,31)(H,26,30)/t11-/m0/s1. The Bertz CT molecular complexity index is 1140. The summed E-state index contributed by atoms with van der Waals surface area (Å²) in [5, 5.41) is 24.7. The molecule has 9 nitrogen and oxygen atoms in total. The number of fused-ring (bicyclic) bond motifs is 1. The first-order valence-electron chi connectivity index (χ1n) is 9.93. The van der Waals surface area contributed by atoms with Crippen LogP contribution in [0.4, 0.5) is 13.2 Å². The molecule has 0 aliphatic carbocycles. The van der Waals surface area contributed by atoms with Crippen molar-refractivity contribution in [1.29, 1.82) is 0 Å². The van der Waals surface area contributed by atoms with Crippen molar-refractivity contribution in [2.75, 3.05) is 13.2 Å². The second-order valence-corrected chi connectivity index (χ2v) is 7.95. The molecule has 178 valence electrons. The average Bonchev–Trinajstić information content (AvgIpc) is 2.70. The van der Waals surface area contributed by atoms with Crippen molar-refractivity contribution in [3.63, 3.8) is 0 Å². The van der Waals surface area contributed by atoms with Crippen LogP contribution in [0.25, 0.3) is 0 Å². The zero-order chi connectivity index (χ0) is 24.5. The molecular formula is C21H22F3N3O6. The van der Waals surface area contributed by atoms with Crippen LogP contribution in [-0.4, -0.2) is 45.5 Å². The van der Waals surface area contributed by atoms with Gasteiger partial charge in [0.05, 0.1) is 12.6 Å². The van der Waals surface area contributed by atoms with E-state index in [-0.39, 0.29) is 25.3 Å². The number of aromatic hydroxyl groups is 1. The maximum Gasteiger partial charge on any atom is 0.272 e. The third-order valence-electron chi connectivity index (χ3n) is 5.00. The lowest BCUT2D eigenvalue weighted by atomic mass is 10.1. The quantitative estimate of drug-likeness (QED) is 0.453. The molecule has 0 fully saturated rings. The van der Waals surface area contributed by atoms with Gasteiger partial charge in [0.15, 0.2) is 17.2 Å². The van der Waals surface area contributed by atoms with Crippen LogP contribution in [0.2, 0.25) is 0 Å². The van der Waals surface area contributed by atoms with E-state index in [1.54, 1.807) is 0 Å². The minimum atomic E-state index is -1.40. The zero-order valence-electron chi connectivity index (χ0n) is 17.7. The molecule has 1 aromatic heterocycles. The van der Waals surface area contributed by atoms with Gasteiger partial charge in [0.25, 0.3) is 11.8 Å². The second kappa shape index (κ2) is 9.24. The van der Waals surface area contributed by atoms with E-state index in [9.17, 15) is 37.8 Å². The molecule has 2 amide bonds. The molecule has 2 aromatic rings. The number of hydrogen-bond acceptors (Lipinski definition) is 6. The Hall–Kier alpha value is -3.38. The molecule has 0 unspecified atom stereocenters. The van der Waals surface area contributed by atoms with Crippen molar-refractivity contribution < 1.29 is 37.7 Å². The van der Waals surface area contributed by atoms with Crippen LogP contribution < -0.4 is 16.1 Å². The van der Waals surface area contributed by atoms with Crippen molar-refractivity contribution in [3.05, 3.63) is 62.8 Å². The Morgan fingerprint density at radius 1 is 1.27 bits per heavy atom. The zero-order valence-corrected chi connectivity index (χ0v) is 17.7. The third kappa shape index (κ3) is 5.34. The molecule has 0 saturated carbocycles. The van der Waals surface area contributed by atoms with E-state index in [4.69, 9.17) is 4.74 Å². The molecule has 33 heavy (non-hydrogen) atoms. The van der Waals surface area contributed by atoms with Crippen LogP contribution in [0, 0.1) is 17.5 Å². The molecule has 1 aliphatic rings. The maximum atomic E-state index is 13.8. The number of hydrogen-bond donors (Lipinski definition) is 4. The number of pyridine rings is 1. The van der Waals surface area contributed by atoms with Gasteiger partial charge in [0.2, 0.25) is 5.43 Å². The summed E-state index contributed by atoms with van der Waals surface area (Å²) >= 11 is 0. The predicted molar refractivity (Wildman–Crippen MR) is 108 cm³/mol. The van der Waals surface area contributed by atoms with Crippen LogP contribution in [0.15, 0.2) is 23.1 Å². The topological polar surface area (TPSA) is 130 Å². The van der Waals surface area contributed by atoms with Crippen LogP contribution in [0.3, 0.4) is 0 Å². The first-order valence-corrected chi connectivity index (χ1v) is 9.93. The molecule has 4 N–H and O–H groups in total. The van der Waals surface area contributed by atoms with Gasteiger partial charge in [-0.1, -0.05) is 0 Å². The lowest BCUT2D eigenvalue weighted by molar-refractivity contribution is -0.177. The fourth-order valence-electron chi connectivity index (χ4n) is 3.38. The van der Waals surface area contributed by atoms with E-state index in [0.29, 0.717) is 12.1 Å². The molecule has 0 saturated heterocycles. The van der Waals surface area contributed by atoms with Gasteiger partial charge in [0, 0.05) is 37.0 Å². The molecule has 1 atom stereocenters. The van der Waals surface area contributed by atoms with Crippen molar-refractivity contribution >= 4 is 11.8 Å². The summed E-state index contributed by atoms with van der Waals surface area (Å²) in [6.45, 7) is 2.32. The SMILES string of the molecule is CC(C)(O)OCC[C@H]1CNC(=O)c2c(O)c(=O)c(C(=O)NCc3c(F)cc(F)cc3F)cn21. The fourth-order valence-corrected chi connectivity index (χ4v) is 3.38. The smallest absolute Gasteiger partial charge is 0.272 e. The lowest BCUT2D eigenvalue weighted by Crippen LogP contribution is -2.42. The molecule has 12 heteroatoms. The lowest BCUT2D eigenvalue weighted by Gasteiger charge is -2.30. The number of rotatable bonds is 7. The Balaban J connectivity index is 1.88. The highest BCUT2D eigenvalue weighted by molar-refractivity contribution is 5.99. The van der Waals surface area contributed by atoms with Gasteiger partial charge < -0.3 is 30.2 Å². The van der Waals surface area contributed by atoms with E-state index >= 15 is 0 Å². The minimum absolute atomic E-state index is 0.0566. The number of nitrogens with one attached hydrogen (secondary N) is 2. The number of carbonyl (C=O) groups excluding carboxylic acids is 2. The number of carbonyl (C=O) groups is 2. The number of nitrogens with zero attached hydrogens (tertiary/aromatic N) is 1. The number of ether oxygens (including phenoxy) is 1. The third-order valence-corrected chi connectivity index (χ3v) is 5.00. The summed E-state index contributed by atoms with van der Waals surface area (Å²) in [6.07, 6.45) is 1.31. The van der Waals surface area contributed by atoms with E-state index in [1.165, 1.54) is 18.4 Å². The van der Waals surface area contributed by atoms with Crippen molar-refractivity contribution in [2.45, 2.75) is 38.6 Å². The van der Waals surface area contributed by atoms with Gasteiger partial charge in [-0.25, -0.2) is 13.2 Å². The van der Waals surface area contributed by atoms with Gasteiger partial charge in [-0.05, 0) is 20.3 Å². The summed E-state index contributed by atoms with van der Waals surface area (Å²) in [7, 11) is 0. The van der Waals surface area contributed by atoms with Gasteiger partial charge in [-0.15, -0.1) is 0 Å². The fraction of sp³-hybridized carbons (Fsp3) is 0.381. The summed E-state index contributed by atoms with van der Waals surface area (Å²) in [5.41, 5.74) is -2.69. The van der Waals surface area contributed by atoms with Gasteiger partial charge in [0.1, 0.15) is 23.0 Å². The molecule has 3 rings (SSSR count). The molecule has 0 bridgehead atoms. The molecular weight excluding hydrogens is 447 g/mol. The van der Waals surface area contributed by atoms with Gasteiger partial charge in [-0.2, -0.15) is 0 Å². The number of benzene rings is 1. The van der Waals surface area contributed by atoms with E-state index in [1.807, 2.05) is 0 Å². The highest BCUT2D eigenvalue weighted by Gasteiger charge is 2.31. The number of halogens is 3. The molecule has 0 radical (unpaired) electrons. The minimum Gasteiger partial charge on any atom is -0.503 e. The first kappa shape index (κ1) is 24.3. The second-order valence-electron chi connectivity index (χ2n) is 7.95. The summed E-state index contributed by atoms with van der Waals surface area (Å²) in [6, 6.07) is 0.358. The molecule has 1 aliphatic heterocycles. The van der Waals surface area contributed by atoms with Crippen LogP contribution in [0.1, 0.15) is 52.7 Å². The van der Waals surface area contributed by atoms with Gasteiger partial charge >= 0.3 is 0 Å². The van der Waals surface area contributed by atoms with E-state index < -0.39 is 69.9 Å². The molecule has 2 heterocycles. The Kier molecular flexibility index (Phi) is 6.79.